The number of hydrogen-bond donors (Lipinski definition) is 3. The molecule has 6 nitrogen and oxygen atoms in total. The SMILES string of the molecule is COC(=O)C(O)C(O)c1ccc[nH]c1=O. The summed E-state index contributed by atoms with van der Waals surface area (Å²) in [6, 6.07) is 2.79. The molecule has 0 spiro atoms. The van der Waals surface area contributed by atoms with Crippen LogP contribution in [0.25, 0.3) is 0 Å². The number of esters is 1. The highest BCUT2D eigenvalue weighted by Crippen LogP contribution is 2.13. The lowest BCUT2D eigenvalue weighted by Crippen LogP contribution is -2.32. The smallest absolute Gasteiger partial charge is 0.337 e. The summed E-state index contributed by atoms with van der Waals surface area (Å²) in [6.07, 6.45) is -1.98. The van der Waals surface area contributed by atoms with Gasteiger partial charge >= 0.3 is 5.97 Å². The normalized spacial score (nSPS) is 14.3. The van der Waals surface area contributed by atoms with Crippen molar-refractivity contribution in [2.75, 3.05) is 7.11 Å². The number of H-pyrrole nitrogens is 1. The molecule has 15 heavy (non-hydrogen) atoms. The van der Waals surface area contributed by atoms with Crippen LogP contribution < -0.4 is 5.56 Å². The first-order valence-corrected chi connectivity index (χ1v) is 4.19. The zero-order valence-electron chi connectivity index (χ0n) is 8.01. The number of aliphatic hydroxyl groups is 2. The van der Waals surface area contributed by atoms with Crippen molar-refractivity contribution >= 4 is 5.97 Å². The Morgan fingerprint density at radius 1 is 1.53 bits per heavy atom. The second kappa shape index (κ2) is 4.72. The van der Waals surface area contributed by atoms with E-state index in [9.17, 15) is 19.8 Å². The van der Waals surface area contributed by atoms with Gasteiger partial charge in [-0.05, 0) is 12.1 Å². The summed E-state index contributed by atoms with van der Waals surface area (Å²) >= 11 is 0. The van der Waals surface area contributed by atoms with Gasteiger partial charge in [-0.25, -0.2) is 4.79 Å². The summed E-state index contributed by atoms with van der Waals surface area (Å²) in [5.74, 6) is -0.995. The fourth-order valence-corrected chi connectivity index (χ4v) is 1.09. The van der Waals surface area contributed by atoms with Crippen LogP contribution in [0, 0.1) is 0 Å². The zero-order chi connectivity index (χ0) is 11.4. The summed E-state index contributed by atoms with van der Waals surface area (Å²) in [6.45, 7) is 0. The van der Waals surface area contributed by atoms with Crippen LogP contribution in [0.1, 0.15) is 11.7 Å². The average Bonchev–Trinajstić information content (AvgIpc) is 2.26. The Labute approximate surface area is 85.1 Å². The number of carbonyl (C=O) groups is 1. The third-order valence-corrected chi connectivity index (χ3v) is 1.91. The molecule has 1 heterocycles. The maximum Gasteiger partial charge on any atom is 0.337 e. The number of aromatic nitrogens is 1. The summed E-state index contributed by atoms with van der Waals surface area (Å²) in [5, 5.41) is 18.8. The first-order valence-electron chi connectivity index (χ1n) is 4.19. The predicted molar refractivity (Wildman–Crippen MR) is 50.0 cm³/mol. The van der Waals surface area contributed by atoms with Crippen molar-refractivity contribution in [1.82, 2.24) is 4.98 Å². The Morgan fingerprint density at radius 3 is 2.73 bits per heavy atom. The van der Waals surface area contributed by atoms with Gasteiger partial charge in [0, 0.05) is 11.8 Å². The highest BCUT2D eigenvalue weighted by molar-refractivity contribution is 5.75. The third kappa shape index (κ3) is 2.42. The minimum atomic E-state index is -1.77. The van der Waals surface area contributed by atoms with E-state index in [1.807, 2.05) is 0 Å². The minimum Gasteiger partial charge on any atom is -0.467 e. The van der Waals surface area contributed by atoms with Crippen LogP contribution in [0.4, 0.5) is 0 Å². The van der Waals surface area contributed by atoms with Crippen LogP contribution in [0.5, 0.6) is 0 Å². The number of aromatic amines is 1. The Balaban J connectivity index is 2.95. The molecule has 1 aromatic heterocycles. The fourth-order valence-electron chi connectivity index (χ4n) is 1.09. The average molecular weight is 213 g/mol. The van der Waals surface area contributed by atoms with Gasteiger partial charge < -0.3 is 19.9 Å². The second-order valence-corrected chi connectivity index (χ2v) is 2.87. The Kier molecular flexibility index (Phi) is 3.59. The molecular weight excluding hydrogens is 202 g/mol. The van der Waals surface area contributed by atoms with Gasteiger partial charge in [-0.1, -0.05) is 0 Å². The molecule has 2 unspecified atom stereocenters. The zero-order valence-corrected chi connectivity index (χ0v) is 8.01. The topological polar surface area (TPSA) is 99.6 Å². The first-order chi connectivity index (χ1) is 7.07. The summed E-state index contributed by atoms with van der Waals surface area (Å²) < 4.78 is 4.23. The van der Waals surface area contributed by atoms with Gasteiger partial charge in [0.2, 0.25) is 0 Å². The Hall–Kier alpha value is -1.66. The number of aliphatic hydroxyl groups excluding tert-OH is 2. The molecule has 0 aromatic carbocycles. The molecule has 2 atom stereocenters. The number of ether oxygens (including phenoxy) is 1. The van der Waals surface area contributed by atoms with Crippen LogP contribution in [0.3, 0.4) is 0 Å². The standard InChI is InChI=1S/C9H11NO5/c1-15-9(14)7(12)6(11)5-3-2-4-10-8(5)13/h2-4,6-7,11-12H,1H3,(H,10,13). The van der Waals surface area contributed by atoms with Crippen molar-refractivity contribution in [3.63, 3.8) is 0 Å². The van der Waals surface area contributed by atoms with Gasteiger partial charge in [0.25, 0.3) is 5.56 Å². The molecule has 1 rings (SSSR count). The van der Waals surface area contributed by atoms with Crippen molar-refractivity contribution in [3.05, 3.63) is 34.2 Å². The highest BCUT2D eigenvalue weighted by Gasteiger charge is 2.27. The number of methoxy groups -OCH3 is 1. The Morgan fingerprint density at radius 2 is 2.20 bits per heavy atom. The van der Waals surface area contributed by atoms with Crippen molar-refractivity contribution in [2.24, 2.45) is 0 Å². The molecule has 0 bridgehead atoms. The lowest BCUT2D eigenvalue weighted by molar-refractivity contribution is -0.156. The molecule has 0 aliphatic heterocycles. The van der Waals surface area contributed by atoms with E-state index in [0.717, 1.165) is 7.11 Å². The van der Waals surface area contributed by atoms with Crippen LogP contribution >= 0.6 is 0 Å². The molecule has 0 radical (unpaired) electrons. The van der Waals surface area contributed by atoms with Crippen molar-refractivity contribution in [1.29, 1.82) is 0 Å². The van der Waals surface area contributed by atoms with E-state index in [1.54, 1.807) is 0 Å². The maximum absolute atomic E-state index is 11.2. The van der Waals surface area contributed by atoms with Gasteiger partial charge in [0.1, 0.15) is 6.10 Å². The van der Waals surface area contributed by atoms with Crippen LogP contribution in [-0.4, -0.2) is 34.4 Å². The van der Waals surface area contributed by atoms with E-state index in [1.165, 1.54) is 18.3 Å². The number of hydrogen-bond acceptors (Lipinski definition) is 5. The van der Waals surface area contributed by atoms with Gasteiger partial charge in [-0.15, -0.1) is 0 Å². The summed E-state index contributed by atoms with van der Waals surface area (Å²) in [5.41, 5.74) is -0.650. The van der Waals surface area contributed by atoms with Gasteiger partial charge in [-0.3, -0.25) is 4.79 Å². The monoisotopic (exact) mass is 213 g/mol. The van der Waals surface area contributed by atoms with Crippen molar-refractivity contribution in [2.45, 2.75) is 12.2 Å². The number of carbonyl (C=O) groups excluding carboxylic acids is 1. The van der Waals surface area contributed by atoms with Crippen molar-refractivity contribution in [3.8, 4) is 0 Å². The number of nitrogens with one attached hydrogen (secondary N) is 1. The molecule has 1 aromatic rings. The largest absolute Gasteiger partial charge is 0.467 e. The minimum absolute atomic E-state index is 0.0876. The van der Waals surface area contributed by atoms with E-state index in [2.05, 4.69) is 9.72 Å². The van der Waals surface area contributed by atoms with Crippen LogP contribution in [-0.2, 0) is 9.53 Å². The van der Waals surface area contributed by atoms with E-state index >= 15 is 0 Å². The molecule has 3 N–H and O–H groups in total. The molecule has 0 aliphatic rings. The predicted octanol–water partition coefficient (Wildman–Crippen LogP) is -1.06. The Bertz CT molecular complexity index is 399. The molecule has 6 heteroatoms. The van der Waals surface area contributed by atoms with Gasteiger partial charge in [0.15, 0.2) is 6.10 Å². The first kappa shape index (κ1) is 11.4. The quantitative estimate of drug-likeness (QED) is 0.556. The molecule has 0 fully saturated rings. The number of rotatable bonds is 3. The number of pyridine rings is 1. The molecule has 82 valence electrons. The van der Waals surface area contributed by atoms with E-state index in [-0.39, 0.29) is 5.56 Å². The molecular formula is C9H11NO5. The highest BCUT2D eigenvalue weighted by atomic mass is 16.5. The molecule has 0 saturated carbocycles. The summed E-state index contributed by atoms with van der Waals surface area (Å²) in [7, 11) is 1.08. The van der Waals surface area contributed by atoms with Gasteiger partial charge in [0.05, 0.1) is 7.11 Å². The lowest BCUT2D eigenvalue weighted by Gasteiger charge is -2.14. The van der Waals surface area contributed by atoms with Crippen LogP contribution in [0.15, 0.2) is 23.1 Å². The molecule has 0 saturated heterocycles. The van der Waals surface area contributed by atoms with E-state index in [4.69, 9.17) is 0 Å². The molecule has 0 amide bonds. The fraction of sp³-hybridized carbons (Fsp3) is 0.333. The van der Waals surface area contributed by atoms with Gasteiger partial charge in [-0.2, -0.15) is 0 Å². The van der Waals surface area contributed by atoms with E-state index in [0.29, 0.717) is 0 Å². The molecule has 0 aliphatic carbocycles. The third-order valence-electron chi connectivity index (χ3n) is 1.91. The maximum atomic E-state index is 11.2. The van der Waals surface area contributed by atoms with Crippen molar-refractivity contribution < 1.29 is 19.7 Å². The lowest BCUT2D eigenvalue weighted by atomic mass is 10.1. The second-order valence-electron chi connectivity index (χ2n) is 2.87. The van der Waals surface area contributed by atoms with E-state index < -0.39 is 23.7 Å². The summed E-state index contributed by atoms with van der Waals surface area (Å²) in [4.78, 5) is 24.4. The van der Waals surface area contributed by atoms with Crippen LogP contribution in [0.2, 0.25) is 0 Å².